The predicted octanol–water partition coefficient (Wildman–Crippen LogP) is 2.30. The van der Waals surface area contributed by atoms with Gasteiger partial charge in [-0.1, -0.05) is 26.0 Å². The van der Waals surface area contributed by atoms with Crippen LogP contribution in [-0.4, -0.2) is 31.2 Å². The summed E-state index contributed by atoms with van der Waals surface area (Å²) in [6.45, 7) is 8.28. The minimum atomic E-state index is 0.472. The van der Waals surface area contributed by atoms with Crippen molar-refractivity contribution in [2.75, 3.05) is 32.0 Å². The minimum absolute atomic E-state index is 0.472. The molecule has 1 unspecified atom stereocenters. The molecular formula is C14H22N2O. The zero-order chi connectivity index (χ0) is 12.3. The molecule has 0 bridgehead atoms. The third-order valence-corrected chi connectivity index (χ3v) is 3.35. The molecule has 1 aromatic rings. The van der Waals surface area contributed by atoms with E-state index in [0.29, 0.717) is 12.0 Å². The van der Waals surface area contributed by atoms with Gasteiger partial charge in [0.05, 0.1) is 13.2 Å². The van der Waals surface area contributed by atoms with Gasteiger partial charge in [0.2, 0.25) is 0 Å². The van der Waals surface area contributed by atoms with Crippen LogP contribution in [0.25, 0.3) is 0 Å². The fourth-order valence-electron chi connectivity index (χ4n) is 2.57. The van der Waals surface area contributed by atoms with Crippen molar-refractivity contribution in [1.29, 1.82) is 0 Å². The molecule has 1 aliphatic heterocycles. The maximum Gasteiger partial charge on any atom is 0.0594 e. The first kappa shape index (κ1) is 12.4. The highest BCUT2D eigenvalue weighted by atomic mass is 16.5. The lowest BCUT2D eigenvalue weighted by Gasteiger charge is -2.37. The van der Waals surface area contributed by atoms with Gasteiger partial charge < -0.3 is 10.5 Å². The molecule has 3 nitrogen and oxygen atoms in total. The Morgan fingerprint density at radius 3 is 2.24 bits per heavy atom. The Hall–Kier alpha value is -1.06. The summed E-state index contributed by atoms with van der Waals surface area (Å²) in [7, 11) is 0. The van der Waals surface area contributed by atoms with E-state index in [2.05, 4.69) is 30.9 Å². The molecule has 94 valence electrons. The lowest BCUT2D eigenvalue weighted by Crippen LogP contribution is -2.40. The van der Waals surface area contributed by atoms with Gasteiger partial charge in [-0.25, -0.2) is 0 Å². The smallest absolute Gasteiger partial charge is 0.0594 e. The number of rotatable bonds is 3. The van der Waals surface area contributed by atoms with Crippen molar-refractivity contribution in [2.45, 2.75) is 19.9 Å². The zero-order valence-corrected chi connectivity index (χ0v) is 10.7. The average Bonchev–Trinajstić information content (AvgIpc) is 2.33. The zero-order valence-electron chi connectivity index (χ0n) is 10.7. The van der Waals surface area contributed by atoms with Crippen LogP contribution < -0.4 is 5.73 Å². The van der Waals surface area contributed by atoms with Crippen LogP contribution in [0.1, 0.15) is 25.5 Å². The number of nitrogens with two attached hydrogens (primary N) is 1. The summed E-state index contributed by atoms with van der Waals surface area (Å²) in [5.41, 5.74) is 7.94. The predicted molar refractivity (Wildman–Crippen MR) is 70.8 cm³/mol. The number of nitrogens with zero attached hydrogens (tertiary/aromatic N) is 1. The third-order valence-electron chi connectivity index (χ3n) is 3.35. The maximum absolute atomic E-state index is 5.75. The van der Waals surface area contributed by atoms with Gasteiger partial charge in [-0.2, -0.15) is 0 Å². The first-order chi connectivity index (χ1) is 8.18. The standard InChI is InChI=1S/C14H22N2O/c1-11(2)14(16-7-9-17-10-8-16)12-3-5-13(15)6-4-12/h3-6,11,14H,7-10,15H2,1-2H3. The molecule has 1 fully saturated rings. The topological polar surface area (TPSA) is 38.5 Å². The molecule has 17 heavy (non-hydrogen) atoms. The molecule has 0 radical (unpaired) electrons. The van der Waals surface area contributed by atoms with E-state index in [1.807, 2.05) is 12.1 Å². The van der Waals surface area contributed by atoms with Crippen LogP contribution in [0.2, 0.25) is 0 Å². The fraction of sp³-hybridized carbons (Fsp3) is 0.571. The van der Waals surface area contributed by atoms with Crippen LogP contribution in [0.3, 0.4) is 0 Å². The average molecular weight is 234 g/mol. The Labute approximate surface area is 104 Å². The van der Waals surface area contributed by atoms with Gasteiger partial charge in [-0.05, 0) is 23.6 Å². The highest BCUT2D eigenvalue weighted by molar-refractivity contribution is 5.40. The van der Waals surface area contributed by atoms with Crippen LogP contribution in [0.4, 0.5) is 5.69 Å². The lowest BCUT2D eigenvalue weighted by atomic mass is 9.94. The van der Waals surface area contributed by atoms with Gasteiger partial charge in [0.1, 0.15) is 0 Å². The molecule has 0 amide bonds. The summed E-state index contributed by atoms with van der Waals surface area (Å²) < 4.78 is 5.42. The van der Waals surface area contributed by atoms with E-state index in [0.717, 1.165) is 32.0 Å². The van der Waals surface area contributed by atoms with Crippen molar-refractivity contribution in [3.05, 3.63) is 29.8 Å². The summed E-state index contributed by atoms with van der Waals surface area (Å²) in [6, 6.07) is 8.75. The quantitative estimate of drug-likeness (QED) is 0.816. The number of ether oxygens (including phenoxy) is 1. The van der Waals surface area contributed by atoms with E-state index in [1.54, 1.807) is 0 Å². The molecule has 3 heteroatoms. The Balaban J connectivity index is 2.18. The van der Waals surface area contributed by atoms with Gasteiger partial charge >= 0.3 is 0 Å². The normalized spacial score (nSPS) is 19.5. The van der Waals surface area contributed by atoms with E-state index in [1.165, 1.54) is 5.56 Å². The third kappa shape index (κ3) is 2.99. The van der Waals surface area contributed by atoms with Crippen molar-refractivity contribution < 1.29 is 4.74 Å². The lowest BCUT2D eigenvalue weighted by molar-refractivity contribution is 0.00563. The number of hydrogen-bond donors (Lipinski definition) is 1. The summed E-state index contributed by atoms with van der Waals surface area (Å²) in [4.78, 5) is 2.51. The first-order valence-electron chi connectivity index (χ1n) is 6.35. The van der Waals surface area contributed by atoms with Crippen molar-refractivity contribution in [3.8, 4) is 0 Å². The number of anilines is 1. The number of hydrogen-bond acceptors (Lipinski definition) is 3. The molecular weight excluding hydrogens is 212 g/mol. The largest absolute Gasteiger partial charge is 0.399 e. The van der Waals surface area contributed by atoms with Crippen LogP contribution in [-0.2, 0) is 4.74 Å². The second-order valence-electron chi connectivity index (χ2n) is 5.00. The van der Waals surface area contributed by atoms with E-state index in [4.69, 9.17) is 10.5 Å². The van der Waals surface area contributed by atoms with Crippen LogP contribution in [0.15, 0.2) is 24.3 Å². The monoisotopic (exact) mass is 234 g/mol. The highest BCUT2D eigenvalue weighted by Gasteiger charge is 2.24. The molecule has 2 rings (SSSR count). The van der Waals surface area contributed by atoms with E-state index < -0.39 is 0 Å². The molecule has 0 saturated carbocycles. The van der Waals surface area contributed by atoms with Crippen LogP contribution in [0.5, 0.6) is 0 Å². The molecule has 0 aromatic heterocycles. The molecule has 1 aliphatic rings. The second kappa shape index (κ2) is 5.52. The van der Waals surface area contributed by atoms with E-state index in [9.17, 15) is 0 Å². The Bertz CT molecular complexity index is 342. The molecule has 0 spiro atoms. The first-order valence-corrected chi connectivity index (χ1v) is 6.35. The fourth-order valence-corrected chi connectivity index (χ4v) is 2.57. The summed E-state index contributed by atoms with van der Waals surface area (Å²) in [5.74, 6) is 0.594. The minimum Gasteiger partial charge on any atom is -0.399 e. The number of nitrogen functional groups attached to an aromatic ring is 1. The van der Waals surface area contributed by atoms with Crippen LogP contribution in [0, 0.1) is 5.92 Å². The van der Waals surface area contributed by atoms with Crippen molar-refractivity contribution >= 4 is 5.69 Å². The van der Waals surface area contributed by atoms with Gasteiger partial charge in [-0.15, -0.1) is 0 Å². The number of benzene rings is 1. The van der Waals surface area contributed by atoms with Crippen molar-refractivity contribution in [1.82, 2.24) is 4.90 Å². The Morgan fingerprint density at radius 2 is 1.71 bits per heavy atom. The van der Waals surface area contributed by atoms with Crippen LogP contribution >= 0.6 is 0 Å². The SMILES string of the molecule is CC(C)C(c1ccc(N)cc1)N1CCOCC1. The van der Waals surface area contributed by atoms with Gasteiger partial charge in [0.15, 0.2) is 0 Å². The van der Waals surface area contributed by atoms with Crippen molar-refractivity contribution in [3.63, 3.8) is 0 Å². The second-order valence-corrected chi connectivity index (χ2v) is 5.00. The molecule has 2 N–H and O–H groups in total. The van der Waals surface area contributed by atoms with Crippen molar-refractivity contribution in [2.24, 2.45) is 5.92 Å². The highest BCUT2D eigenvalue weighted by Crippen LogP contribution is 2.29. The summed E-state index contributed by atoms with van der Waals surface area (Å²) in [5, 5.41) is 0. The molecule has 0 aliphatic carbocycles. The molecule has 1 atom stereocenters. The summed E-state index contributed by atoms with van der Waals surface area (Å²) in [6.07, 6.45) is 0. The molecule has 1 heterocycles. The van der Waals surface area contributed by atoms with E-state index in [-0.39, 0.29) is 0 Å². The maximum atomic E-state index is 5.75. The van der Waals surface area contributed by atoms with Gasteiger partial charge in [0.25, 0.3) is 0 Å². The molecule has 1 saturated heterocycles. The summed E-state index contributed by atoms with van der Waals surface area (Å²) >= 11 is 0. The van der Waals surface area contributed by atoms with E-state index >= 15 is 0 Å². The van der Waals surface area contributed by atoms with Gasteiger partial charge in [0, 0.05) is 24.8 Å². The Kier molecular flexibility index (Phi) is 4.02. The number of morpholine rings is 1. The van der Waals surface area contributed by atoms with Gasteiger partial charge in [-0.3, -0.25) is 4.90 Å². The molecule has 1 aromatic carbocycles. The Morgan fingerprint density at radius 1 is 1.12 bits per heavy atom.